The van der Waals surface area contributed by atoms with Gasteiger partial charge in [0.15, 0.2) is 11.4 Å². The van der Waals surface area contributed by atoms with Crippen LogP contribution in [-0.4, -0.2) is 45.8 Å². The molecule has 1 fully saturated rings. The summed E-state index contributed by atoms with van der Waals surface area (Å²) in [6.07, 6.45) is 3.55. The van der Waals surface area contributed by atoms with Crippen molar-refractivity contribution in [2.75, 3.05) is 14.2 Å². The Morgan fingerprint density at radius 2 is 2.03 bits per heavy atom. The van der Waals surface area contributed by atoms with Crippen molar-refractivity contribution in [1.29, 1.82) is 0 Å². The van der Waals surface area contributed by atoms with Gasteiger partial charge in [-0.25, -0.2) is 4.98 Å². The van der Waals surface area contributed by atoms with Gasteiger partial charge in [0.1, 0.15) is 17.2 Å². The second kappa shape index (κ2) is 8.27. The molecule has 0 unspecified atom stereocenters. The fraction of sp³-hybridized carbons (Fsp3) is 0.320. The van der Waals surface area contributed by atoms with E-state index in [4.69, 9.17) is 18.9 Å². The molecular formula is C25H26N4O4. The number of aromatic nitrogens is 3. The molecule has 1 aliphatic rings. The van der Waals surface area contributed by atoms with E-state index < -0.39 is 0 Å². The highest BCUT2D eigenvalue weighted by molar-refractivity contribution is 6.07. The summed E-state index contributed by atoms with van der Waals surface area (Å²) in [4.78, 5) is 20.7. The second-order valence-electron chi connectivity index (χ2n) is 8.28. The van der Waals surface area contributed by atoms with Gasteiger partial charge in [-0.3, -0.25) is 9.48 Å². The first-order chi connectivity index (χ1) is 16.0. The lowest BCUT2D eigenvalue weighted by atomic mass is 10.1. The number of rotatable bonds is 7. The maximum atomic E-state index is 14.0. The lowest BCUT2D eigenvalue weighted by Gasteiger charge is -2.24. The molecule has 0 N–H and O–H groups in total. The van der Waals surface area contributed by atoms with Crippen LogP contribution in [0.2, 0.25) is 0 Å². The van der Waals surface area contributed by atoms with Crippen molar-refractivity contribution < 1.29 is 18.7 Å². The lowest BCUT2D eigenvalue weighted by molar-refractivity contribution is 0.0730. The highest BCUT2D eigenvalue weighted by Crippen LogP contribution is 2.35. The fourth-order valence-electron chi connectivity index (χ4n) is 4.26. The first-order valence-corrected chi connectivity index (χ1v) is 10.9. The van der Waals surface area contributed by atoms with Crippen molar-refractivity contribution in [1.82, 2.24) is 19.7 Å². The number of hydrogen-bond acceptors (Lipinski definition) is 6. The minimum atomic E-state index is -0.0568. The van der Waals surface area contributed by atoms with E-state index in [2.05, 4.69) is 5.10 Å². The number of nitrogens with zero attached hydrogens (tertiary/aromatic N) is 4. The Morgan fingerprint density at radius 1 is 1.21 bits per heavy atom. The van der Waals surface area contributed by atoms with Gasteiger partial charge in [0.2, 0.25) is 0 Å². The van der Waals surface area contributed by atoms with E-state index in [1.54, 1.807) is 25.2 Å². The summed E-state index contributed by atoms with van der Waals surface area (Å²) in [7, 11) is 5.10. The number of furan rings is 1. The van der Waals surface area contributed by atoms with E-state index in [0.29, 0.717) is 29.2 Å². The third-order valence-electron chi connectivity index (χ3n) is 6.05. The number of hydrogen-bond donors (Lipinski definition) is 0. The number of fused-ring (bicyclic) bond motifs is 1. The van der Waals surface area contributed by atoms with E-state index in [-0.39, 0.29) is 11.9 Å². The van der Waals surface area contributed by atoms with Crippen molar-refractivity contribution in [3.8, 4) is 23.0 Å². The summed E-state index contributed by atoms with van der Waals surface area (Å²) < 4.78 is 18.2. The molecule has 0 bridgehead atoms. The van der Waals surface area contributed by atoms with Crippen LogP contribution >= 0.6 is 0 Å². The number of carbonyl (C=O) groups is 1. The summed E-state index contributed by atoms with van der Waals surface area (Å²) >= 11 is 0. The molecule has 1 aromatic carbocycles. The van der Waals surface area contributed by atoms with E-state index in [1.165, 1.54) is 0 Å². The maximum Gasteiger partial charge on any atom is 0.255 e. The van der Waals surface area contributed by atoms with Crippen LogP contribution < -0.4 is 9.47 Å². The molecule has 33 heavy (non-hydrogen) atoms. The number of amides is 1. The molecule has 5 rings (SSSR count). The van der Waals surface area contributed by atoms with Crippen molar-refractivity contribution in [2.24, 2.45) is 7.05 Å². The molecule has 0 atom stereocenters. The van der Waals surface area contributed by atoms with Crippen molar-refractivity contribution in [2.45, 2.75) is 32.4 Å². The number of aryl methyl sites for hydroxylation is 2. The first kappa shape index (κ1) is 21.1. The van der Waals surface area contributed by atoms with Gasteiger partial charge in [0.05, 0.1) is 43.7 Å². The van der Waals surface area contributed by atoms with Gasteiger partial charge in [0.25, 0.3) is 5.91 Å². The molecule has 0 radical (unpaired) electrons. The quantitative estimate of drug-likeness (QED) is 0.420. The molecule has 170 valence electrons. The number of benzene rings is 1. The molecule has 0 spiro atoms. The third-order valence-corrected chi connectivity index (χ3v) is 6.05. The molecule has 8 heteroatoms. The van der Waals surface area contributed by atoms with Crippen LogP contribution in [0.4, 0.5) is 0 Å². The predicted molar refractivity (Wildman–Crippen MR) is 123 cm³/mol. The fourth-order valence-corrected chi connectivity index (χ4v) is 4.26. The van der Waals surface area contributed by atoms with Crippen LogP contribution in [0.15, 0.2) is 47.1 Å². The van der Waals surface area contributed by atoms with Crippen molar-refractivity contribution in [3.05, 3.63) is 59.5 Å². The van der Waals surface area contributed by atoms with Crippen LogP contribution in [0.1, 0.15) is 34.5 Å². The molecule has 4 aromatic rings. The summed E-state index contributed by atoms with van der Waals surface area (Å²) in [5.74, 6) is 2.00. The standard InChI is InChI=1S/C25H26N4O4/c1-15-23-19(13-20(22-6-5-11-33-22)26-24(23)28(2)27-15)25(30)29(17-7-8-17)14-16-12-18(31-3)9-10-21(16)32-4/h5-6,9-13,17H,7-8,14H2,1-4H3. The topological polar surface area (TPSA) is 82.6 Å². The number of pyridine rings is 1. The van der Waals surface area contributed by atoms with Gasteiger partial charge >= 0.3 is 0 Å². The number of methoxy groups -OCH3 is 2. The molecule has 0 aliphatic heterocycles. The normalized spacial score (nSPS) is 13.3. The Balaban J connectivity index is 1.61. The molecule has 0 saturated heterocycles. The smallest absolute Gasteiger partial charge is 0.255 e. The Labute approximate surface area is 191 Å². The van der Waals surface area contributed by atoms with Gasteiger partial charge < -0.3 is 18.8 Å². The molecule has 8 nitrogen and oxygen atoms in total. The van der Waals surface area contributed by atoms with Gasteiger partial charge in [-0.2, -0.15) is 5.10 Å². The number of carbonyl (C=O) groups excluding carboxylic acids is 1. The second-order valence-corrected chi connectivity index (χ2v) is 8.28. The Bertz CT molecular complexity index is 1320. The van der Waals surface area contributed by atoms with E-state index in [1.807, 2.05) is 55.3 Å². The highest BCUT2D eigenvalue weighted by Gasteiger charge is 2.35. The van der Waals surface area contributed by atoms with Gasteiger partial charge in [-0.1, -0.05) is 0 Å². The third kappa shape index (κ3) is 3.82. The van der Waals surface area contributed by atoms with Crippen LogP contribution in [-0.2, 0) is 13.6 Å². The first-order valence-electron chi connectivity index (χ1n) is 10.9. The average Bonchev–Trinajstić information content (AvgIpc) is 3.43. The maximum absolute atomic E-state index is 14.0. The molecular weight excluding hydrogens is 420 g/mol. The largest absolute Gasteiger partial charge is 0.497 e. The number of ether oxygens (including phenoxy) is 2. The minimum absolute atomic E-state index is 0.0568. The molecule has 3 heterocycles. The zero-order chi connectivity index (χ0) is 23.1. The van der Waals surface area contributed by atoms with E-state index in [0.717, 1.165) is 41.0 Å². The zero-order valence-electron chi connectivity index (χ0n) is 19.2. The molecule has 1 amide bonds. The molecule has 1 aliphatic carbocycles. The highest BCUT2D eigenvalue weighted by atomic mass is 16.5. The summed E-state index contributed by atoms with van der Waals surface area (Å²) in [5, 5.41) is 5.29. The van der Waals surface area contributed by atoms with Crippen molar-refractivity contribution >= 4 is 16.9 Å². The monoisotopic (exact) mass is 446 g/mol. The minimum Gasteiger partial charge on any atom is -0.497 e. The Morgan fingerprint density at radius 3 is 2.70 bits per heavy atom. The summed E-state index contributed by atoms with van der Waals surface area (Å²) in [6, 6.07) is 11.3. The van der Waals surface area contributed by atoms with Crippen LogP contribution in [0.25, 0.3) is 22.5 Å². The average molecular weight is 447 g/mol. The van der Waals surface area contributed by atoms with Gasteiger partial charge in [-0.15, -0.1) is 0 Å². The van der Waals surface area contributed by atoms with Crippen LogP contribution in [0.5, 0.6) is 11.5 Å². The predicted octanol–water partition coefficient (Wildman–Crippen LogP) is 4.36. The SMILES string of the molecule is COc1ccc(OC)c(CN(C(=O)c2cc(-c3ccco3)nc3c2c(C)nn3C)C2CC2)c1. The summed E-state index contributed by atoms with van der Waals surface area (Å²) in [5.41, 5.74) is 3.50. The van der Waals surface area contributed by atoms with Crippen LogP contribution in [0, 0.1) is 6.92 Å². The van der Waals surface area contributed by atoms with Crippen LogP contribution in [0.3, 0.4) is 0 Å². The van der Waals surface area contributed by atoms with E-state index >= 15 is 0 Å². The lowest BCUT2D eigenvalue weighted by Crippen LogP contribution is -2.33. The molecule has 1 saturated carbocycles. The van der Waals surface area contributed by atoms with Crippen molar-refractivity contribution in [3.63, 3.8) is 0 Å². The zero-order valence-corrected chi connectivity index (χ0v) is 19.2. The van der Waals surface area contributed by atoms with Gasteiger partial charge in [0, 0.05) is 18.7 Å². The summed E-state index contributed by atoms with van der Waals surface area (Å²) in [6.45, 7) is 2.32. The Kier molecular flexibility index (Phi) is 5.28. The molecule has 3 aromatic heterocycles. The Hall–Kier alpha value is -3.81. The van der Waals surface area contributed by atoms with Gasteiger partial charge in [-0.05, 0) is 56.2 Å². The van der Waals surface area contributed by atoms with E-state index in [9.17, 15) is 4.79 Å².